The smallest absolute Gasteiger partial charge is 0.123 e. The molecule has 1 aromatic carbocycles. The molecule has 0 unspecified atom stereocenters. The lowest BCUT2D eigenvalue weighted by atomic mass is 10.3. The summed E-state index contributed by atoms with van der Waals surface area (Å²) in [7, 11) is 0. The van der Waals surface area contributed by atoms with Gasteiger partial charge in [-0.25, -0.2) is 0 Å². The standard InChI is InChI=1S/C15H25N3O2/c1-3-14-13-15(4-1)20-12-10-18-8-7-16-5-2-6-17-9-11-19-14/h1,3-4,13,16-18H,2,5-12H2. The molecule has 0 fully saturated rings. The van der Waals surface area contributed by atoms with Crippen molar-refractivity contribution in [1.82, 2.24) is 16.0 Å². The van der Waals surface area contributed by atoms with Crippen molar-refractivity contribution >= 4 is 0 Å². The first-order valence-electron chi connectivity index (χ1n) is 7.43. The Morgan fingerprint density at radius 3 is 1.90 bits per heavy atom. The van der Waals surface area contributed by atoms with Crippen LogP contribution in [0.25, 0.3) is 0 Å². The van der Waals surface area contributed by atoms with Crippen LogP contribution in [-0.4, -0.2) is 52.5 Å². The molecule has 2 rings (SSSR count). The average Bonchev–Trinajstić information content (AvgIpc) is 2.47. The fourth-order valence-electron chi connectivity index (χ4n) is 2.03. The van der Waals surface area contributed by atoms with Crippen LogP contribution in [-0.2, 0) is 0 Å². The summed E-state index contributed by atoms with van der Waals surface area (Å²) < 4.78 is 11.4. The summed E-state index contributed by atoms with van der Waals surface area (Å²) in [4.78, 5) is 0. The summed E-state index contributed by atoms with van der Waals surface area (Å²) in [5.74, 6) is 1.72. The van der Waals surface area contributed by atoms with Gasteiger partial charge in [-0.2, -0.15) is 0 Å². The van der Waals surface area contributed by atoms with Gasteiger partial charge in [-0.05, 0) is 31.6 Å². The van der Waals surface area contributed by atoms with E-state index in [2.05, 4.69) is 16.0 Å². The van der Waals surface area contributed by atoms with Gasteiger partial charge in [0.2, 0.25) is 0 Å². The Kier molecular flexibility index (Phi) is 7.23. The Hall–Kier alpha value is -1.30. The highest BCUT2D eigenvalue weighted by Gasteiger charge is 1.99. The highest BCUT2D eigenvalue weighted by atomic mass is 16.5. The van der Waals surface area contributed by atoms with Gasteiger partial charge in [-0.15, -0.1) is 0 Å². The molecule has 1 aliphatic rings. The normalized spacial score (nSPS) is 19.4. The average molecular weight is 279 g/mol. The monoisotopic (exact) mass is 279 g/mol. The molecule has 1 heterocycles. The minimum absolute atomic E-state index is 0.672. The van der Waals surface area contributed by atoms with Crippen molar-refractivity contribution in [1.29, 1.82) is 0 Å². The van der Waals surface area contributed by atoms with Crippen molar-refractivity contribution in [3.05, 3.63) is 24.3 Å². The van der Waals surface area contributed by atoms with E-state index in [-0.39, 0.29) is 0 Å². The lowest BCUT2D eigenvalue weighted by Gasteiger charge is -2.10. The molecule has 0 radical (unpaired) electrons. The zero-order valence-corrected chi connectivity index (χ0v) is 12.0. The van der Waals surface area contributed by atoms with Crippen LogP contribution in [0, 0.1) is 0 Å². The molecule has 20 heavy (non-hydrogen) atoms. The van der Waals surface area contributed by atoms with E-state index in [4.69, 9.17) is 9.47 Å². The zero-order chi connectivity index (χ0) is 13.9. The summed E-state index contributed by atoms with van der Waals surface area (Å²) in [6.45, 7) is 7.11. The van der Waals surface area contributed by atoms with Gasteiger partial charge in [0.1, 0.15) is 24.7 Å². The molecule has 0 aliphatic carbocycles. The maximum absolute atomic E-state index is 5.70. The number of nitrogens with one attached hydrogen (secondary N) is 3. The van der Waals surface area contributed by atoms with Crippen molar-refractivity contribution in [3.63, 3.8) is 0 Å². The van der Waals surface area contributed by atoms with Crippen LogP contribution in [0.4, 0.5) is 0 Å². The Labute approximate surface area is 121 Å². The molecule has 2 bridgehead atoms. The van der Waals surface area contributed by atoms with Gasteiger partial charge in [-0.1, -0.05) is 6.07 Å². The molecule has 5 heteroatoms. The molecular formula is C15H25N3O2. The summed E-state index contributed by atoms with van der Waals surface area (Å²) in [5, 5.41) is 10.1. The number of hydrogen-bond donors (Lipinski definition) is 3. The van der Waals surface area contributed by atoms with Gasteiger partial charge in [0.05, 0.1) is 0 Å². The third-order valence-electron chi connectivity index (χ3n) is 3.09. The van der Waals surface area contributed by atoms with E-state index < -0.39 is 0 Å². The van der Waals surface area contributed by atoms with Crippen molar-refractivity contribution in [2.45, 2.75) is 6.42 Å². The Morgan fingerprint density at radius 2 is 1.25 bits per heavy atom. The Bertz CT molecular complexity index is 343. The highest BCUT2D eigenvalue weighted by Crippen LogP contribution is 2.19. The highest BCUT2D eigenvalue weighted by molar-refractivity contribution is 5.32. The van der Waals surface area contributed by atoms with Crippen LogP contribution in [0.15, 0.2) is 24.3 Å². The van der Waals surface area contributed by atoms with Gasteiger partial charge in [0, 0.05) is 32.2 Å². The van der Waals surface area contributed by atoms with Gasteiger partial charge in [0.25, 0.3) is 0 Å². The predicted molar refractivity (Wildman–Crippen MR) is 80.7 cm³/mol. The molecule has 5 nitrogen and oxygen atoms in total. The molecule has 0 spiro atoms. The van der Waals surface area contributed by atoms with E-state index >= 15 is 0 Å². The Morgan fingerprint density at radius 1 is 0.700 bits per heavy atom. The molecule has 3 N–H and O–H groups in total. The van der Waals surface area contributed by atoms with Crippen LogP contribution in [0.5, 0.6) is 11.5 Å². The maximum atomic E-state index is 5.70. The number of ether oxygens (including phenoxy) is 2. The van der Waals surface area contributed by atoms with Crippen molar-refractivity contribution in [2.24, 2.45) is 0 Å². The second-order valence-electron chi connectivity index (χ2n) is 4.78. The first-order chi connectivity index (χ1) is 9.95. The topological polar surface area (TPSA) is 54.5 Å². The number of hydrogen-bond acceptors (Lipinski definition) is 5. The zero-order valence-electron chi connectivity index (χ0n) is 12.0. The fourth-order valence-corrected chi connectivity index (χ4v) is 2.03. The van der Waals surface area contributed by atoms with Gasteiger partial charge in [-0.3, -0.25) is 0 Å². The minimum Gasteiger partial charge on any atom is -0.492 e. The number of benzene rings is 1. The lowest BCUT2D eigenvalue weighted by Crippen LogP contribution is -2.31. The minimum atomic E-state index is 0.672. The van der Waals surface area contributed by atoms with Gasteiger partial charge < -0.3 is 25.4 Å². The van der Waals surface area contributed by atoms with Crippen molar-refractivity contribution in [2.75, 3.05) is 52.5 Å². The maximum Gasteiger partial charge on any atom is 0.123 e. The summed E-state index contributed by atoms with van der Waals surface area (Å²) in [6.07, 6.45) is 1.14. The molecule has 0 saturated heterocycles. The SMILES string of the molecule is c1cc2cc(c1)OCCNCCNCCCNCCO2. The van der Waals surface area contributed by atoms with Crippen LogP contribution in [0.3, 0.4) is 0 Å². The largest absolute Gasteiger partial charge is 0.492 e. The van der Waals surface area contributed by atoms with Crippen LogP contribution in [0.1, 0.15) is 6.42 Å². The van der Waals surface area contributed by atoms with Crippen LogP contribution in [0.2, 0.25) is 0 Å². The number of rotatable bonds is 0. The summed E-state index contributed by atoms with van der Waals surface area (Å²) >= 11 is 0. The molecule has 0 aromatic heterocycles. The fraction of sp³-hybridized carbons (Fsp3) is 0.600. The molecule has 0 amide bonds. The molecule has 0 saturated carbocycles. The van der Waals surface area contributed by atoms with E-state index in [1.54, 1.807) is 0 Å². The van der Waals surface area contributed by atoms with E-state index in [1.807, 2.05) is 24.3 Å². The summed E-state index contributed by atoms with van der Waals surface area (Å²) in [5.41, 5.74) is 0. The van der Waals surface area contributed by atoms with Gasteiger partial charge in [0.15, 0.2) is 0 Å². The molecule has 1 aromatic rings. The van der Waals surface area contributed by atoms with Crippen LogP contribution >= 0.6 is 0 Å². The first-order valence-corrected chi connectivity index (χ1v) is 7.43. The van der Waals surface area contributed by atoms with E-state index in [9.17, 15) is 0 Å². The van der Waals surface area contributed by atoms with Crippen molar-refractivity contribution < 1.29 is 9.47 Å². The molecule has 112 valence electrons. The van der Waals surface area contributed by atoms with Gasteiger partial charge >= 0.3 is 0 Å². The Balaban J connectivity index is 1.81. The third kappa shape index (κ3) is 6.23. The van der Waals surface area contributed by atoms with E-state index in [0.29, 0.717) is 13.2 Å². The van der Waals surface area contributed by atoms with Crippen LogP contribution < -0.4 is 25.4 Å². The van der Waals surface area contributed by atoms with E-state index in [0.717, 1.165) is 57.2 Å². The molecule has 0 atom stereocenters. The third-order valence-corrected chi connectivity index (χ3v) is 3.09. The molecule has 1 aliphatic heterocycles. The summed E-state index contributed by atoms with van der Waals surface area (Å²) in [6, 6.07) is 7.83. The predicted octanol–water partition coefficient (Wildman–Crippen LogP) is 0.617. The lowest BCUT2D eigenvalue weighted by molar-refractivity contribution is 0.300. The second kappa shape index (κ2) is 9.58. The molecular weight excluding hydrogens is 254 g/mol. The van der Waals surface area contributed by atoms with E-state index in [1.165, 1.54) is 0 Å². The van der Waals surface area contributed by atoms with Crippen molar-refractivity contribution in [3.8, 4) is 11.5 Å². The number of fused-ring (bicyclic) bond motifs is 2. The first kappa shape index (κ1) is 15.1. The second-order valence-corrected chi connectivity index (χ2v) is 4.78. The quantitative estimate of drug-likeness (QED) is 0.650.